The van der Waals surface area contributed by atoms with Gasteiger partial charge in [-0.15, -0.1) is 0 Å². The SMILES string of the molecule is Cc1ccc(C(=O)NC2CC2)cc1-c1ccc(C(=O)C2CCC(OCCO)C2)cc1. The van der Waals surface area contributed by atoms with Crippen LogP contribution in [0, 0.1) is 12.8 Å². The van der Waals surface area contributed by atoms with E-state index in [1.165, 1.54) is 0 Å². The van der Waals surface area contributed by atoms with Crippen molar-refractivity contribution in [2.24, 2.45) is 5.92 Å². The average molecular weight is 408 g/mol. The molecule has 1 amide bonds. The molecule has 30 heavy (non-hydrogen) atoms. The van der Waals surface area contributed by atoms with Gasteiger partial charge in [-0.25, -0.2) is 0 Å². The third-order valence-electron chi connectivity index (χ3n) is 6.09. The number of aliphatic hydroxyl groups is 1. The van der Waals surface area contributed by atoms with Gasteiger partial charge in [0.05, 0.1) is 19.3 Å². The molecule has 0 heterocycles. The molecule has 4 rings (SSSR count). The van der Waals surface area contributed by atoms with Crippen molar-refractivity contribution < 1.29 is 19.4 Å². The van der Waals surface area contributed by atoms with Crippen molar-refractivity contribution in [3.63, 3.8) is 0 Å². The number of ketones is 1. The molecular formula is C25H29NO4. The van der Waals surface area contributed by atoms with Gasteiger partial charge in [0, 0.05) is 23.1 Å². The Labute approximate surface area is 177 Å². The van der Waals surface area contributed by atoms with Gasteiger partial charge in [-0.2, -0.15) is 0 Å². The molecule has 0 aliphatic heterocycles. The Morgan fingerprint density at radius 2 is 1.77 bits per heavy atom. The molecule has 2 N–H and O–H groups in total. The molecule has 0 spiro atoms. The maximum Gasteiger partial charge on any atom is 0.251 e. The highest BCUT2D eigenvalue weighted by Gasteiger charge is 2.31. The van der Waals surface area contributed by atoms with Gasteiger partial charge in [-0.1, -0.05) is 30.3 Å². The molecule has 0 aromatic heterocycles. The van der Waals surface area contributed by atoms with E-state index in [0.29, 0.717) is 23.8 Å². The van der Waals surface area contributed by atoms with Gasteiger partial charge < -0.3 is 15.2 Å². The highest BCUT2D eigenvalue weighted by Crippen LogP contribution is 2.32. The van der Waals surface area contributed by atoms with Gasteiger partial charge >= 0.3 is 0 Å². The molecule has 2 fully saturated rings. The van der Waals surface area contributed by atoms with Crippen LogP contribution in [0.1, 0.15) is 58.4 Å². The summed E-state index contributed by atoms with van der Waals surface area (Å²) >= 11 is 0. The first kappa shape index (κ1) is 20.8. The molecule has 0 bridgehead atoms. The lowest BCUT2D eigenvalue weighted by Gasteiger charge is -2.13. The normalized spacial score (nSPS) is 20.9. The van der Waals surface area contributed by atoms with Crippen LogP contribution in [-0.4, -0.2) is 42.2 Å². The number of hydrogen-bond acceptors (Lipinski definition) is 4. The summed E-state index contributed by atoms with van der Waals surface area (Å²) in [7, 11) is 0. The Kier molecular flexibility index (Phi) is 6.30. The lowest BCUT2D eigenvalue weighted by molar-refractivity contribution is 0.0306. The monoisotopic (exact) mass is 407 g/mol. The summed E-state index contributed by atoms with van der Waals surface area (Å²) in [6.45, 7) is 2.37. The number of carbonyl (C=O) groups is 2. The number of aliphatic hydroxyl groups excluding tert-OH is 1. The molecule has 2 saturated carbocycles. The van der Waals surface area contributed by atoms with Crippen molar-refractivity contribution in [3.8, 4) is 11.1 Å². The van der Waals surface area contributed by atoms with Gasteiger partial charge in [0.25, 0.3) is 5.91 Å². The Morgan fingerprint density at radius 3 is 2.47 bits per heavy atom. The van der Waals surface area contributed by atoms with Crippen LogP contribution in [-0.2, 0) is 4.74 Å². The zero-order valence-electron chi connectivity index (χ0n) is 17.4. The van der Waals surface area contributed by atoms with Crippen LogP contribution in [0.5, 0.6) is 0 Å². The standard InChI is InChI=1S/C25H29NO4/c1-16-2-3-20(25(29)26-21-9-10-21)15-23(16)17-4-6-18(7-5-17)24(28)19-8-11-22(14-19)30-13-12-27/h2-7,15,19,21-22,27H,8-14H2,1H3,(H,26,29). The molecule has 0 radical (unpaired) electrons. The van der Waals surface area contributed by atoms with E-state index in [2.05, 4.69) is 5.32 Å². The van der Waals surface area contributed by atoms with Crippen LogP contribution >= 0.6 is 0 Å². The van der Waals surface area contributed by atoms with E-state index < -0.39 is 0 Å². The van der Waals surface area contributed by atoms with E-state index in [9.17, 15) is 9.59 Å². The van der Waals surface area contributed by atoms with Gasteiger partial charge in [0.1, 0.15) is 0 Å². The number of Topliss-reactive ketones (excluding diaryl/α,β-unsaturated/α-hetero) is 1. The fourth-order valence-corrected chi connectivity index (χ4v) is 4.17. The largest absolute Gasteiger partial charge is 0.394 e. The van der Waals surface area contributed by atoms with E-state index in [-0.39, 0.29) is 30.3 Å². The third kappa shape index (κ3) is 4.79. The quantitative estimate of drug-likeness (QED) is 0.651. The van der Waals surface area contributed by atoms with Crippen molar-refractivity contribution in [1.82, 2.24) is 5.32 Å². The molecule has 0 saturated heterocycles. The van der Waals surface area contributed by atoms with Crippen molar-refractivity contribution in [3.05, 3.63) is 59.2 Å². The number of ether oxygens (including phenoxy) is 1. The minimum Gasteiger partial charge on any atom is -0.394 e. The van der Waals surface area contributed by atoms with E-state index in [4.69, 9.17) is 9.84 Å². The van der Waals surface area contributed by atoms with Crippen molar-refractivity contribution in [2.45, 2.75) is 51.2 Å². The molecular weight excluding hydrogens is 378 g/mol. The second kappa shape index (κ2) is 9.11. The maximum absolute atomic E-state index is 12.9. The molecule has 5 nitrogen and oxygen atoms in total. The lowest BCUT2D eigenvalue weighted by Crippen LogP contribution is -2.25. The minimum atomic E-state index is -0.0234. The number of nitrogens with one attached hydrogen (secondary N) is 1. The van der Waals surface area contributed by atoms with Crippen molar-refractivity contribution in [2.75, 3.05) is 13.2 Å². The van der Waals surface area contributed by atoms with Crippen LogP contribution in [0.2, 0.25) is 0 Å². The topological polar surface area (TPSA) is 75.6 Å². The number of aryl methyl sites for hydroxylation is 1. The van der Waals surface area contributed by atoms with Gasteiger partial charge in [0.15, 0.2) is 5.78 Å². The first-order valence-electron chi connectivity index (χ1n) is 10.8. The predicted molar refractivity (Wildman–Crippen MR) is 116 cm³/mol. The fraction of sp³-hybridized carbons (Fsp3) is 0.440. The van der Waals surface area contributed by atoms with E-state index in [0.717, 1.165) is 48.8 Å². The molecule has 2 aliphatic rings. The zero-order valence-corrected chi connectivity index (χ0v) is 17.4. The fourth-order valence-electron chi connectivity index (χ4n) is 4.17. The molecule has 2 aliphatic carbocycles. The Morgan fingerprint density at radius 1 is 1.03 bits per heavy atom. The molecule has 158 valence electrons. The summed E-state index contributed by atoms with van der Waals surface area (Å²) < 4.78 is 5.58. The van der Waals surface area contributed by atoms with E-state index in [1.54, 1.807) is 0 Å². The zero-order chi connectivity index (χ0) is 21.1. The summed E-state index contributed by atoms with van der Waals surface area (Å²) in [5.74, 6) is 0.117. The average Bonchev–Trinajstić information content (AvgIpc) is 3.45. The summed E-state index contributed by atoms with van der Waals surface area (Å²) in [4.78, 5) is 25.3. The summed E-state index contributed by atoms with van der Waals surface area (Å²) in [5.41, 5.74) is 4.49. The highest BCUT2D eigenvalue weighted by atomic mass is 16.5. The predicted octanol–water partition coefficient (Wildman–Crippen LogP) is 3.91. The Balaban J connectivity index is 1.45. The Bertz CT molecular complexity index is 917. The lowest BCUT2D eigenvalue weighted by atomic mass is 9.93. The van der Waals surface area contributed by atoms with Crippen molar-refractivity contribution in [1.29, 1.82) is 0 Å². The number of carbonyl (C=O) groups excluding carboxylic acids is 2. The molecule has 2 atom stereocenters. The molecule has 5 heteroatoms. The highest BCUT2D eigenvalue weighted by molar-refractivity contribution is 5.99. The van der Waals surface area contributed by atoms with Gasteiger partial charge in [-0.05, 0) is 67.9 Å². The van der Waals surface area contributed by atoms with Gasteiger partial charge in [0.2, 0.25) is 0 Å². The van der Waals surface area contributed by atoms with Crippen LogP contribution < -0.4 is 5.32 Å². The minimum absolute atomic E-state index is 0.0133. The smallest absolute Gasteiger partial charge is 0.251 e. The third-order valence-corrected chi connectivity index (χ3v) is 6.09. The number of hydrogen-bond donors (Lipinski definition) is 2. The summed E-state index contributed by atoms with van der Waals surface area (Å²) in [6.07, 6.45) is 4.61. The second-order valence-electron chi connectivity index (χ2n) is 8.45. The van der Waals surface area contributed by atoms with Crippen molar-refractivity contribution >= 4 is 11.7 Å². The number of rotatable bonds is 8. The summed E-state index contributed by atoms with van der Waals surface area (Å²) in [6, 6.07) is 13.8. The first-order valence-corrected chi connectivity index (χ1v) is 10.8. The number of benzene rings is 2. The van der Waals surface area contributed by atoms with Crippen LogP contribution in [0.25, 0.3) is 11.1 Å². The van der Waals surface area contributed by atoms with E-state index in [1.807, 2.05) is 49.4 Å². The van der Waals surface area contributed by atoms with Crippen LogP contribution in [0.3, 0.4) is 0 Å². The van der Waals surface area contributed by atoms with Crippen LogP contribution in [0.15, 0.2) is 42.5 Å². The summed E-state index contributed by atoms with van der Waals surface area (Å²) in [5, 5.41) is 11.9. The maximum atomic E-state index is 12.9. The first-order chi connectivity index (χ1) is 14.5. The molecule has 2 aromatic carbocycles. The van der Waals surface area contributed by atoms with E-state index >= 15 is 0 Å². The molecule has 2 aromatic rings. The second-order valence-corrected chi connectivity index (χ2v) is 8.45. The van der Waals surface area contributed by atoms with Gasteiger partial charge in [-0.3, -0.25) is 9.59 Å². The molecule has 2 unspecified atom stereocenters. The Hall–Kier alpha value is -2.50. The number of amides is 1. The van der Waals surface area contributed by atoms with Crippen LogP contribution in [0.4, 0.5) is 0 Å².